The first-order chi connectivity index (χ1) is 19.0. The monoisotopic (exact) mass is 597 g/mol. The summed E-state index contributed by atoms with van der Waals surface area (Å²) < 4.78 is 38.9. The van der Waals surface area contributed by atoms with Gasteiger partial charge in [-0.05, 0) is 54.8 Å². The number of ether oxygens (including phenoxy) is 1. The number of halogens is 3. The van der Waals surface area contributed by atoms with Crippen molar-refractivity contribution in [3.63, 3.8) is 0 Å². The van der Waals surface area contributed by atoms with Crippen LogP contribution in [0, 0.1) is 11.8 Å². The van der Waals surface area contributed by atoms with E-state index in [1.165, 1.54) is 30.3 Å². The van der Waals surface area contributed by atoms with Crippen LogP contribution in [0.4, 0.5) is 13.6 Å². The first kappa shape index (κ1) is 31.6. The highest BCUT2D eigenvalue weighted by atomic mass is 35.5. The van der Waals surface area contributed by atoms with Gasteiger partial charge in [-0.1, -0.05) is 67.9 Å². The lowest BCUT2D eigenvalue weighted by molar-refractivity contribution is -0.125. The zero-order chi connectivity index (χ0) is 29.3. The van der Waals surface area contributed by atoms with E-state index in [2.05, 4.69) is 15.4 Å². The predicted molar refractivity (Wildman–Crippen MR) is 150 cm³/mol. The van der Waals surface area contributed by atoms with Crippen molar-refractivity contribution in [2.24, 2.45) is 11.8 Å². The molecule has 1 fully saturated rings. The van der Waals surface area contributed by atoms with E-state index in [1.54, 1.807) is 18.2 Å². The van der Waals surface area contributed by atoms with E-state index >= 15 is 8.78 Å². The molecular weight excluding hydrogens is 564 g/mol. The first-order valence-electron chi connectivity index (χ1n) is 13.0. The van der Waals surface area contributed by atoms with Crippen molar-refractivity contribution in [3.05, 3.63) is 70.7 Å². The zero-order valence-corrected chi connectivity index (χ0v) is 23.8. The molecule has 0 bridgehead atoms. The minimum absolute atomic E-state index is 0.0542. The van der Waals surface area contributed by atoms with E-state index < -0.39 is 40.9 Å². The smallest absolute Gasteiger partial charge is 0.418 e. The highest BCUT2D eigenvalue weighted by molar-refractivity contribution is 7.99. The zero-order valence-electron chi connectivity index (χ0n) is 22.2. The quantitative estimate of drug-likeness (QED) is 0.242. The van der Waals surface area contributed by atoms with Crippen LogP contribution in [-0.2, 0) is 20.2 Å². The number of carbonyl (C=O) groups is 3. The van der Waals surface area contributed by atoms with Gasteiger partial charge >= 0.3 is 12.0 Å². The predicted octanol–water partition coefficient (Wildman–Crippen LogP) is 4.97. The number of rotatable bonds is 13. The molecule has 4 atom stereocenters. The molecule has 0 aliphatic carbocycles. The van der Waals surface area contributed by atoms with Gasteiger partial charge in [-0.3, -0.25) is 14.3 Å². The lowest BCUT2D eigenvalue weighted by Gasteiger charge is -2.28. The van der Waals surface area contributed by atoms with Gasteiger partial charge in [0.2, 0.25) is 11.8 Å². The van der Waals surface area contributed by atoms with Crippen molar-refractivity contribution < 1.29 is 33.0 Å². The molecule has 2 aromatic carbocycles. The molecule has 40 heavy (non-hydrogen) atoms. The fourth-order valence-electron chi connectivity index (χ4n) is 4.40. The molecule has 0 aromatic heterocycles. The van der Waals surface area contributed by atoms with Gasteiger partial charge in [0.25, 0.3) is 0 Å². The second kappa shape index (κ2) is 14.7. The summed E-state index contributed by atoms with van der Waals surface area (Å²) in [6, 6.07) is 12.1. The molecule has 1 heterocycles. The Bertz CT molecular complexity index is 1160. The Balaban J connectivity index is 1.69. The molecule has 0 saturated carbocycles. The summed E-state index contributed by atoms with van der Waals surface area (Å²) in [5, 5.41) is 14.6. The van der Waals surface area contributed by atoms with E-state index in [0.717, 1.165) is 18.0 Å². The minimum atomic E-state index is -3.62. The van der Waals surface area contributed by atoms with Crippen LogP contribution in [0.5, 0.6) is 0 Å². The summed E-state index contributed by atoms with van der Waals surface area (Å²) in [5.74, 6) is -4.45. The van der Waals surface area contributed by atoms with E-state index in [0.29, 0.717) is 19.4 Å². The Morgan fingerprint density at radius 3 is 2.52 bits per heavy atom. The summed E-state index contributed by atoms with van der Waals surface area (Å²) in [7, 11) is 0. The number of hydrogen-bond acceptors (Lipinski definition) is 6. The lowest BCUT2D eigenvalue weighted by atomic mass is 9.97. The first-order valence-corrected chi connectivity index (χ1v) is 14.3. The van der Waals surface area contributed by atoms with Gasteiger partial charge in [0, 0.05) is 23.0 Å². The Morgan fingerprint density at radius 2 is 1.93 bits per heavy atom. The molecule has 1 aliphatic rings. The minimum Gasteiger partial charge on any atom is -0.434 e. The summed E-state index contributed by atoms with van der Waals surface area (Å²) >= 11 is 6.68. The number of nitrogens with one attached hydrogen (secondary N) is 3. The summed E-state index contributed by atoms with van der Waals surface area (Å²) in [6.45, 7) is 3.97. The van der Waals surface area contributed by atoms with Crippen LogP contribution < -0.4 is 15.4 Å². The topological polar surface area (TPSA) is 117 Å². The Labute approximate surface area is 241 Å². The van der Waals surface area contributed by atoms with Crippen molar-refractivity contribution in [1.29, 1.82) is 0 Å². The summed E-state index contributed by atoms with van der Waals surface area (Å²) in [6.07, 6.45) is -1.88. The third-order valence-electron chi connectivity index (χ3n) is 6.43. The van der Waals surface area contributed by atoms with E-state index in [4.69, 9.17) is 16.3 Å². The Hall–Kier alpha value is -2.89. The number of aliphatic hydroxyl groups is 1. The second-order valence-corrected chi connectivity index (χ2v) is 11.5. The molecule has 3 rings (SSSR count). The molecule has 0 unspecified atom stereocenters. The normalized spacial score (nSPS) is 17.6. The number of hydrogen-bond donors (Lipinski definition) is 4. The van der Waals surface area contributed by atoms with Gasteiger partial charge in [0.15, 0.2) is 6.10 Å². The molecule has 1 aliphatic heterocycles. The molecule has 218 valence electrons. The van der Waals surface area contributed by atoms with Gasteiger partial charge < -0.3 is 20.5 Å². The van der Waals surface area contributed by atoms with Crippen molar-refractivity contribution in [1.82, 2.24) is 15.4 Å². The highest BCUT2D eigenvalue weighted by Crippen LogP contribution is 2.43. The van der Waals surface area contributed by atoms with Gasteiger partial charge in [-0.15, -0.1) is 0 Å². The van der Waals surface area contributed by atoms with Crippen LogP contribution in [0.2, 0.25) is 5.02 Å². The number of benzene rings is 2. The maximum Gasteiger partial charge on any atom is 0.418 e. The maximum atomic E-state index is 15.6. The van der Waals surface area contributed by atoms with Crippen LogP contribution in [0.25, 0.3) is 0 Å². The van der Waals surface area contributed by atoms with Crippen LogP contribution in [0.3, 0.4) is 0 Å². The summed E-state index contributed by atoms with van der Waals surface area (Å²) in [4.78, 5) is 37.8. The fraction of sp³-hybridized carbons (Fsp3) is 0.464. The van der Waals surface area contributed by atoms with Crippen LogP contribution in [0.1, 0.15) is 50.3 Å². The SMILES string of the molecule is CC(C)C[C@H](SNC(=O)O[C@H](c1ccccc1)C(F)(F)c1cccc(Cl)c1)C(=O)N[C@H](CO)C[C@@H]1CCNC1=O. The molecule has 0 spiro atoms. The van der Waals surface area contributed by atoms with Gasteiger partial charge in [-0.25, -0.2) is 4.79 Å². The third-order valence-corrected chi connectivity index (χ3v) is 7.64. The average Bonchev–Trinajstić information content (AvgIpc) is 3.33. The molecule has 8 nitrogen and oxygen atoms in total. The van der Waals surface area contributed by atoms with Crippen LogP contribution in [-0.4, -0.2) is 47.5 Å². The number of amides is 3. The molecule has 0 radical (unpaired) electrons. The van der Waals surface area contributed by atoms with Crippen molar-refractivity contribution in [3.8, 4) is 0 Å². The van der Waals surface area contributed by atoms with E-state index in [-0.39, 0.29) is 41.4 Å². The molecule has 2 aromatic rings. The Kier molecular flexibility index (Phi) is 11.6. The maximum absolute atomic E-state index is 15.6. The molecule has 12 heteroatoms. The van der Waals surface area contributed by atoms with Crippen LogP contribution >= 0.6 is 23.5 Å². The van der Waals surface area contributed by atoms with Gasteiger partial charge in [-0.2, -0.15) is 8.78 Å². The molecule has 1 saturated heterocycles. The number of alkyl halides is 2. The standard InChI is InChI=1S/C28H34ClF2N3O5S/c1-17(2)13-23(26(37)33-22(16-35)14-19-11-12-32-25(19)36)40-34-27(38)39-24(18-7-4-3-5-8-18)28(30,31)20-9-6-10-21(29)15-20/h3-10,15,17,19,22-24,35H,11-14,16H2,1-2H3,(H,32,36)(H,33,37)(H,34,38)/t19-,22-,23-,24+/m0/s1. The molecule has 3 amide bonds. The second-order valence-electron chi connectivity index (χ2n) is 10.1. The van der Waals surface area contributed by atoms with Crippen molar-refractivity contribution in [2.45, 2.75) is 56.4 Å². The summed E-state index contributed by atoms with van der Waals surface area (Å²) in [5.41, 5.74) is -0.344. The van der Waals surface area contributed by atoms with E-state index in [1.807, 2.05) is 13.8 Å². The third kappa shape index (κ3) is 8.81. The Morgan fingerprint density at radius 1 is 1.20 bits per heavy atom. The molecule has 4 N–H and O–H groups in total. The van der Waals surface area contributed by atoms with Gasteiger partial charge in [0.1, 0.15) is 5.25 Å². The molecular formula is C28H34ClF2N3O5S. The van der Waals surface area contributed by atoms with Crippen molar-refractivity contribution >= 4 is 41.5 Å². The lowest BCUT2D eigenvalue weighted by Crippen LogP contribution is -2.45. The fourth-order valence-corrected chi connectivity index (χ4v) is 5.53. The van der Waals surface area contributed by atoms with Gasteiger partial charge in [0.05, 0.1) is 12.6 Å². The average molecular weight is 598 g/mol. The van der Waals surface area contributed by atoms with Crippen LogP contribution in [0.15, 0.2) is 54.6 Å². The highest BCUT2D eigenvalue weighted by Gasteiger charge is 2.45. The largest absolute Gasteiger partial charge is 0.434 e. The van der Waals surface area contributed by atoms with Crippen molar-refractivity contribution in [2.75, 3.05) is 13.2 Å². The number of carbonyl (C=O) groups excluding carboxylic acids is 3. The number of aliphatic hydroxyl groups excluding tert-OH is 1. The van der Waals surface area contributed by atoms with E-state index in [9.17, 15) is 19.5 Å².